The van der Waals surface area contributed by atoms with Gasteiger partial charge in [-0.25, -0.2) is 4.79 Å². The second-order valence-electron chi connectivity index (χ2n) is 6.13. The molecule has 0 unspecified atom stereocenters. The van der Waals surface area contributed by atoms with Crippen LogP contribution in [0.2, 0.25) is 0 Å². The van der Waals surface area contributed by atoms with Crippen LogP contribution in [0.5, 0.6) is 5.75 Å². The number of phenols is 1. The van der Waals surface area contributed by atoms with Crippen molar-refractivity contribution in [3.8, 4) is 5.75 Å². The summed E-state index contributed by atoms with van der Waals surface area (Å²) in [4.78, 5) is 57.2. The number of carboxylic acid groups (broad SMARTS) is 3. The van der Waals surface area contributed by atoms with E-state index >= 15 is 0 Å². The van der Waals surface area contributed by atoms with Crippen molar-refractivity contribution in [2.75, 3.05) is 0 Å². The first-order valence-electron chi connectivity index (χ1n) is 8.30. The number of nitrogens with two attached hydrogens (primary N) is 1. The van der Waals surface area contributed by atoms with Gasteiger partial charge >= 0.3 is 17.9 Å². The predicted molar refractivity (Wildman–Crippen MR) is 95.8 cm³/mol. The Kier molecular flexibility index (Phi) is 8.55. The Morgan fingerprint density at radius 3 is 1.83 bits per heavy atom. The van der Waals surface area contributed by atoms with Crippen LogP contribution in [0, 0.1) is 0 Å². The molecule has 0 aromatic heterocycles. The number of carboxylic acids is 3. The standard InChI is InChI=1S/C17H21N3O9/c18-10(6-13(22)23)15(26)19-11(5-8-1-3-9(21)4-2-8)16(27)20-12(17(28)29)7-14(24)25/h1-4,10-12,21H,5-7,18H2,(H,19,26)(H,20,27)(H,22,23)(H,24,25)(H,28,29)/t10-,11-,12-/m0/s1. The first-order valence-corrected chi connectivity index (χ1v) is 8.30. The van der Waals surface area contributed by atoms with Gasteiger partial charge in [-0.2, -0.15) is 0 Å². The fourth-order valence-electron chi connectivity index (χ4n) is 2.28. The van der Waals surface area contributed by atoms with Gasteiger partial charge in [-0.15, -0.1) is 0 Å². The Hall–Kier alpha value is -3.67. The lowest BCUT2D eigenvalue weighted by molar-refractivity contribution is -0.147. The van der Waals surface area contributed by atoms with Crippen LogP contribution in [0.15, 0.2) is 24.3 Å². The third-order valence-electron chi connectivity index (χ3n) is 3.73. The smallest absolute Gasteiger partial charge is 0.326 e. The molecule has 0 radical (unpaired) electrons. The van der Waals surface area contributed by atoms with E-state index in [0.717, 1.165) is 0 Å². The minimum Gasteiger partial charge on any atom is -0.508 e. The normalized spacial score (nSPS) is 13.6. The highest BCUT2D eigenvalue weighted by molar-refractivity contribution is 5.93. The van der Waals surface area contributed by atoms with Crippen LogP contribution in [-0.2, 0) is 30.4 Å². The topological polar surface area (TPSA) is 216 Å². The lowest BCUT2D eigenvalue weighted by atomic mass is 10.0. The Bertz CT molecular complexity index is 779. The van der Waals surface area contributed by atoms with Crippen LogP contribution in [0.1, 0.15) is 18.4 Å². The molecule has 0 saturated carbocycles. The summed E-state index contributed by atoms with van der Waals surface area (Å²) < 4.78 is 0. The molecule has 1 aromatic rings. The molecule has 0 heterocycles. The summed E-state index contributed by atoms with van der Waals surface area (Å²) in [6.45, 7) is 0. The summed E-state index contributed by atoms with van der Waals surface area (Å²) in [6.07, 6.45) is -1.74. The Morgan fingerprint density at radius 1 is 0.828 bits per heavy atom. The molecule has 12 heteroatoms. The monoisotopic (exact) mass is 411 g/mol. The van der Waals surface area contributed by atoms with Crippen molar-refractivity contribution in [3.05, 3.63) is 29.8 Å². The molecule has 158 valence electrons. The molecule has 0 aliphatic carbocycles. The third kappa shape index (κ3) is 8.26. The zero-order valence-corrected chi connectivity index (χ0v) is 15.1. The molecule has 0 aliphatic rings. The Balaban J connectivity index is 3.00. The molecule has 0 fully saturated rings. The fourth-order valence-corrected chi connectivity index (χ4v) is 2.28. The van der Waals surface area contributed by atoms with Crippen molar-refractivity contribution in [1.82, 2.24) is 10.6 Å². The average molecular weight is 411 g/mol. The largest absolute Gasteiger partial charge is 0.508 e. The minimum absolute atomic E-state index is 0.0466. The quantitative estimate of drug-likeness (QED) is 0.218. The van der Waals surface area contributed by atoms with E-state index in [-0.39, 0.29) is 12.2 Å². The van der Waals surface area contributed by atoms with Gasteiger partial charge in [0.1, 0.15) is 17.8 Å². The molecule has 29 heavy (non-hydrogen) atoms. The molecular weight excluding hydrogens is 390 g/mol. The van der Waals surface area contributed by atoms with Gasteiger partial charge in [0.25, 0.3) is 0 Å². The SMILES string of the molecule is N[C@@H](CC(=O)O)C(=O)N[C@@H](Cc1ccc(O)cc1)C(=O)N[C@@H](CC(=O)O)C(=O)O. The van der Waals surface area contributed by atoms with Gasteiger partial charge in [-0.1, -0.05) is 12.1 Å². The average Bonchev–Trinajstić information content (AvgIpc) is 2.61. The summed E-state index contributed by atoms with van der Waals surface area (Å²) >= 11 is 0. The minimum atomic E-state index is -1.74. The van der Waals surface area contributed by atoms with Crippen LogP contribution < -0.4 is 16.4 Å². The Labute approximate surface area is 164 Å². The lowest BCUT2D eigenvalue weighted by Gasteiger charge is -2.22. The van der Waals surface area contributed by atoms with Crippen molar-refractivity contribution >= 4 is 29.7 Å². The summed E-state index contributed by atoms with van der Waals surface area (Å²) in [7, 11) is 0. The molecule has 0 bridgehead atoms. The van der Waals surface area contributed by atoms with Gasteiger partial charge in [0.2, 0.25) is 11.8 Å². The highest BCUT2D eigenvalue weighted by Crippen LogP contribution is 2.12. The van der Waals surface area contributed by atoms with Gasteiger partial charge in [-0.05, 0) is 17.7 Å². The lowest BCUT2D eigenvalue weighted by Crippen LogP contribution is -2.55. The summed E-state index contributed by atoms with van der Waals surface area (Å²) in [5.41, 5.74) is 5.94. The van der Waals surface area contributed by atoms with Gasteiger partial charge in [0.15, 0.2) is 0 Å². The third-order valence-corrected chi connectivity index (χ3v) is 3.73. The van der Waals surface area contributed by atoms with Gasteiger partial charge in [-0.3, -0.25) is 19.2 Å². The number of nitrogens with one attached hydrogen (secondary N) is 2. The second kappa shape index (κ2) is 10.6. The molecule has 8 N–H and O–H groups in total. The van der Waals surface area contributed by atoms with Crippen molar-refractivity contribution in [1.29, 1.82) is 0 Å². The maximum atomic E-state index is 12.5. The molecule has 12 nitrogen and oxygen atoms in total. The highest BCUT2D eigenvalue weighted by Gasteiger charge is 2.29. The Morgan fingerprint density at radius 2 is 1.34 bits per heavy atom. The number of amides is 2. The molecule has 3 atom stereocenters. The van der Waals surface area contributed by atoms with Crippen molar-refractivity contribution in [2.45, 2.75) is 37.4 Å². The predicted octanol–water partition coefficient (Wildman–Crippen LogP) is -1.73. The number of carbonyl (C=O) groups excluding carboxylic acids is 2. The first-order chi connectivity index (χ1) is 13.5. The van der Waals surface area contributed by atoms with E-state index in [1.54, 1.807) is 0 Å². The maximum absolute atomic E-state index is 12.5. The molecule has 0 spiro atoms. The summed E-state index contributed by atoms with van der Waals surface area (Å²) in [5, 5.41) is 40.1. The molecule has 2 amide bonds. The number of hydrogen-bond donors (Lipinski definition) is 7. The van der Waals surface area contributed by atoms with Crippen LogP contribution in [0.3, 0.4) is 0 Å². The first kappa shape index (κ1) is 23.4. The summed E-state index contributed by atoms with van der Waals surface area (Å²) in [6, 6.07) is 0.973. The van der Waals surface area contributed by atoms with Crippen LogP contribution in [0.4, 0.5) is 0 Å². The van der Waals surface area contributed by atoms with Crippen molar-refractivity contribution in [2.24, 2.45) is 5.73 Å². The number of aromatic hydroxyl groups is 1. The van der Waals surface area contributed by atoms with Crippen LogP contribution in [-0.4, -0.2) is 68.3 Å². The zero-order valence-electron chi connectivity index (χ0n) is 15.1. The molecular formula is C17H21N3O9. The van der Waals surface area contributed by atoms with Gasteiger partial charge in [0.05, 0.1) is 18.9 Å². The summed E-state index contributed by atoms with van der Waals surface area (Å²) in [5.74, 6) is -6.38. The maximum Gasteiger partial charge on any atom is 0.326 e. The van der Waals surface area contributed by atoms with Gasteiger partial charge in [0, 0.05) is 6.42 Å². The molecule has 1 rings (SSSR count). The number of carbonyl (C=O) groups is 5. The fraction of sp³-hybridized carbons (Fsp3) is 0.353. The highest BCUT2D eigenvalue weighted by atomic mass is 16.4. The molecule has 0 aliphatic heterocycles. The van der Waals surface area contributed by atoms with Crippen LogP contribution >= 0.6 is 0 Å². The molecule has 1 aromatic carbocycles. The van der Waals surface area contributed by atoms with Crippen molar-refractivity contribution in [3.63, 3.8) is 0 Å². The van der Waals surface area contributed by atoms with Crippen molar-refractivity contribution < 1.29 is 44.4 Å². The number of hydrogen-bond acceptors (Lipinski definition) is 7. The number of phenolic OH excluding ortho intramolecular Hbond substituents is 1. The second-order valence-corrected chi connectivity index (χ2v) is 6.13. The number of benzene rings is 1. The van der Waals surface area contributed by atoms with E-state index < -0.39 is 60.7 Å². The van der Waals surface area contributed by atoms with E-state index in [1.807, 2.05) is 5.32 Å². The van der Waals surface area contributed by atoms with E-state index in [1.165, 1.54) is 24.3 Å². The van der Waals surface area contributed by atoms with E-state index in [4.69, 9.17) is 21.1 Å². The molecule has 0 saturated heterocycles. The van der Waals surface area contributed by atoms with E-state index in [9.17, 15) is 29.1 Å². The van der Waals surface area contributed by atoms with Gasteiger partial charge < -0.3 is 36.8 Å². The zero-order chi connectivity index (χ0) is 22.1. The van der Waals surface area contributed by atoms with Crippen LogP contribution in [0.25, 0.3) is 0 Å². The van der Waals surface area contributed by atoms with E-state index in [0.29, 0.717) is 5.56 Å². The number of rotatable bonds is 11. The van der Waals surface area contributed by atoms with E-state index in [2.05, 4.69) is 5.32 Å². The number of aliphatic carboxylic acids is 3.